The highest BCUT2D eigenvalue weighted by Gasteiger charge is 2.42. The van der Waals surface area contributed by atoms with Crippen molar-refractivity contribution in [3.05, 3.63) is 5.82 Å². The molecule has 27 heavy (non-hydrogen) atoms. The molecule has 0 radical (unpaired) electrons. The van der Waals surface area contributed by atoms with Crippen molar-refractivity contribution >= 4 is 11.8 Å². The van der Waals surface area contributed by atoms with Crippen LogP contribution >= 0.6 is 0 Å². The maximum Gasteiger partial charge on any atom is 0.225 e. The zero-order valence-electron chi connectivity index (χ0n) is 15.9. The van der Waals surface area contributed by atoms with Crippen LogP contribution in [0.25, 0.3) is 0 Å². The van der Waals surface area contributed by atoms with Crippen LogP contribution in [0.5, 0.6) is 0 Å². The Bertz CT molecular complexity index is 686. The van der Waals surface area contributed by atoms with Crippen molar-refractivity contribution in [2.75, 3.05) is 26.2 Å². The Kier molecular flexibility index (Phi) is 5.38. The highest BCUT2D eigenvalue weighted by atomic mass is 16.5. The molecule has 3 atom stereocenters. The van der Waals surface area contributed by atoms with Crippen LogP contribution in [0.15, 0.2) is 0 Å². The molecule has 3 fully saturated rings. The molecule has 0 unspecified atom stereocenters. The summed E-state index contributed by atoms with van der Waals surface area (Å²) >= 11 is 0. The predicted molar refractivity (Wildman–Crippen MR) is 95.6 cm³/mol. The SMILES string of the molecule is Cc1nnnn1CCC(=O)N1CCO[C@@H]2CC[C@H](C(=O)N3CCCC3)C[C@H]21. The normalized spacial score (nSPS) is 28.3. The minimum absolute atomic E-state index is 0.00604. The third-order valence-corrected chi connectivity index (χ3v) is 6.16. The lowest BCUT2D eigenvalue weighted by Gasteiger charge is -2.46. The molecular formula is C18H28N6O3. The summed E-state index contributed by atoms with van der Waals surface area (Å²) in [4.78, 5) is 29.7. The minimum atomic E-state index is 0.00604. The zero-order valence-corrected chi connectivity index (χ0v) is 15.9. The summed E-state index contributed by atoms with van der Waals surface area (Å²) in [6.45, 7) is 5.23. The Morgan fingerprint density at radius 2 is 2.00 bits per heavy atom. The number of ether oxygens (including phenoxy) is 1. The number of aryl methyl sites for hydroxylation is 2. The predicted octanol–water partition coefficient (Wildman–Crippen LogP) is 0.390. The maximum absolute atomic E-state index is 12.9. The van der Waals surface area contributed by atoms with E-state index in [-0.39, 0.29) is 29.9 Å². The van der Waals surface area contributed by atoms with E-state index in [4.69, 9.17) is 4.74 Å². The van der Waals surface area contributed by atoms with E-state index in [9.17, 15) is 9.59 Å². The number of morpholine rings is 1. The molecule has 0 aromatic carbocycles. The molecule has 1 saturated carbocycles. The lowest BCUT2D eigenvalue weighted by molar-refractivity contribution is -0.156. The molecule has 3 aliphatic rings. The van der Waals surface area contributed by atoms with Crippen molar-refractivity contribution in [2.24, 2.45) is 5.92 Å². The zero-order chi connectivity index (χ0) is 18.8. The average Bonchev–Trinajstić information content (AvgIpc) is 3.36. The Labute approximate surface area is 159 Å². The molecule has 1 aromatic rings. The fourth-order valence-electron chi connectivity index (χ4n) is 4.64. The van der Waals surface area contributed by atoms with Gasteiger partial charge in [-0.15, -0.1) is 5.10 Å². The summed E-state index contributed by atoms with van der Waals surface area (Å²) < 4.78 is 7.58. The van der Waals surface area contributed by atoms with E-state index in [0.717, 1.165) is 45.2 Å². The minimum Gasteiger partial charge on any atom is -0.374 e. The summed E-state index contributed by atoms with van der Waals surface area (Å²) in [5.41, 5.74) is 0. The Hall–Kier alpha value is -2.03. The molecule has 1 aromatic heterocycles. The van der Waals surface area contributed by atoms with Crippen LogP contribution in [-0.4, -0.2) is 80.2 Å². The Balaban J connectivity index is 1.39. The first-order valence-electron chi connectivity index (χ1n) is 10.1. The number of carbonyl (C=O) groups is 2. The number of fused-ring (bicyclic) bond motifs is 1. The van der Waals surface area contributed by atoms with Crippen LogP contribution in [-0.2, 0) is 20.9 Å². The lowest BCUT2D eigenvalue weighted by Crippen LogP contribution is -2.57. The van der Waals surface area contributed by atoms with Crippen molar-refractivity contribution in [1.82, 2.24) is 30.0 Å². The second kappa shape index (κ2) is 7.92. The number of amides is 2. The molecule has 4 rings (SSSR count). The Morgan fingerprint density at radius 1 is 1.19 bits per heavy atom. The van der Waals surface area contributed by atoms with E-state index in [1.54, 1.807) is 4.68 Å². The summed E-state index contributed by atoms with van der Waals surface area (Å²) in [6.07, 6.45) is 5.06. The second-order valence-electron chi connectivity index (χ2n) is 7.81. The largest absolute Gasteiger partial charge is 0.374 e. The molecule has 0 spiro atoms. The van der Waals surface area contributed by atoms with Crippen LogP contribution in [0.4, 0.5) is 0 Å². The number of rotatable bonds is 4. The molecule has 2 aliphatic heterocycles. The van der Waals surface area contributed by atoms with Crippen molar-refractivity contribution in [1.29, 1.82) is 0 Å². The fraction of sp³-hybridized carbons (Fsp3) is 0.833. The van der Waals surface area contributed by atoms with E-state index in [2.05, 4.69) is 15.5 Å². The second-order valence-corrected chi connectivity index (χ2v) is 7.81. The topological polar surface area (TPSA) is 93.5 Å². The van der Waals surface area contributed by atoms with Gasteiger partial charge in [0.15, 0.2) is 0 Å². The Morgan fingerprint density at radius 3 is 2.74 bits per heavy atom. The first-order chi connectivity index (χ1) is 13.1. The van der Waals surface area contributed by atoms with Gasteiger partial charge in [0, 0.05) is 32.0 Å². The van der Waals surface area contributed by atoms with Gasteiger partial charge in [0.1, 0.15) is 5.82 Å². The molecule has 0 N–H and O–H groups in total. The number of aromatic nitrogens is 4. The molecule has 1 aliphatic carbocycles. The number of carbonyl (C=O) groups excluding carboxylic acids is 2. The molecular weight excluding hydrogens is 348 g/mol. The third kappa shape index (κ3) is 3.83. The first-order valence-corrected chi connectivity index (χ1v) is 10.1. The smallest absolute Gasteiger partial charge is 0.225 e. The van der Waals surface area contributed by atoms with Crippen molar-refractivity contribution in [2.45, 2.75) is 64.1 Å². The summed E-state index contributed by atoms with van der Waals surface area (Å²) in [5, 5.41) is 11.4. The molecule has 2 saturated heterocycles. The quantitative estimate of drug-likeness (QED) is 0.755. The molecule has 0 bridgehead atoms. The first kappa shape index (κ1) is 18.3. The van der Waals surface area contributed by atoms with Gasteiger partial charge in [-0.3, -0.25) is 9.59 Å². The fourth-order valence-corrected chi connectivity index (χ4v) is 4.64. The van der Waals surface area contributed by atoms with E-state index < -0.39 is 0 Å². The third-order valence-electron chi connectivity index (χ3n) is 6.16. The van der Waals surface area contributed by atoms with Gasteiger partial charge in [-0.05, 0) is 49.5 Å². The number of tetrazole rings is 1. The van der Waals surface area contributed by atoms with E-state index in [0.29, 0.717) is 31.9 Å². The van der Waals surface area contributed by atoms with Crippen LogP contribution in [0, 0.1) is 12.8 Å². The molecule has 148 valence electrons. The van der Waals surface area contributed by atoms with Gasteiger partial charge < -0.3 is 14.5 Å². The van der Waals surface area contributed by atoms with Gasteiger partial charge in [-0.2, -0.15) is 0 Å². The van der Waals surface area contributed by atoms with E-state index in [1.165, 1.54) is 0 Å². The van der Waals surface area contributed by atoms with Crippen LogP contribution in [0.1, 0.15) is 44.3 Å². The van der Waals surface area contributed by atoms with Gasteiger partial charge >= 0.3 is 0 Å². The average molecular weight is 376 g/mol. The van der Waals surface area contributed by atoms with E-state index >= 15 is 0 Å². The van der Waals surface area contributed by atoms with E-state index in [1.807, 2.05) is 16.7 Å². The van der Waals surface area contributed by atoms with Gasteiger partial charge in [-0.1, -0.05) is 0 Å². The number of hydrogen-bond acceptors (Lipinski definition) is 6. The lowest BCUT2D eigenvalue weighted by atomic mass is 9.81. The number of nitrogens with zero attached hydrogens (tertiary/aromatic N) is 6. The van der Waals surface area contributed by atoms with Gasteiger partial charge in [0.25, 0.3) is 0 Å². The van der Waals surface area contributed by atoms with Crippen LogP contribution < -0.4 is 0 Å². The molecule has 3 heterocycles. The highest BCUT2D eigenvalue weighted by Crippen LogP contribution is 2.34. The summed E-state index contributed by atoms with van der Waals surface area (Å²) in [5.74, 6) is 1.09. The standard InChI is InChI=1S/C18H28N6O3/c1-13-19-20-21-24(13)9-6-17(25)23-10-11-27-16-5-4-14(12-15(16)23)18(26)22-7-2-3-8-22/h14-16H,2-12H2,1H3/t14-,15+,16+/m0/s1. The molecule has 9 nitrogen and oxygen atoms in total. The monoisotopic (exact) mass is 376 g/mol. The highest BCUT2D eigenvalue weighted by molar-refractivity contribution is 5.80. The van der Waals surface area contributed by atoms with Crippen molar-refractivity contribution < 1.29 is 14.3 Å². The molecule has 9 heteroatoms. The maximum atomic E-state index is 12.9. The van der Waals surface area contributed by atoms with Crippen molar-refractivity contribution in [3.8, 4) is 0 Å². The number of likely N-dealkylation sites (tertiary alicyclic amines) is 1. The molecule has 2 amide bonds. The van der Waals surface area contributed by atoms with Gasteiger partial charge in [-0.25, -0.2) is 4.68 Å². The van der Waals surface area contributed by atoms with Crippen LogP contribution in [0.2, 0.25) is 0 Å². The number of hydrogen-bond donors (Lipinski definition) is 0. The summed E-state index contributed by atoms with van der Waals surface area (Å²) in [6, 6.07) is 0.00604. The van der Waals surface area contributed by atoms with Gasteiger partial charge in [0.2, 0.25) is 11.8 Å². The van der Waals surface area contributed by atoms with Crippen molar-refractivity contribution in [3.63, 3.8) is 0 Å². The van der Waals surface area contributed by atoms with Crippen LogP contribution in [0.3, 0.4) is 0 Å². The van der Waals surface area contributed by atoms with Gasteiger partial charge in [0.05, 0.1) is 25.3 Å². The summed E-state index contributed by atoms with van der Waals surface area (Å²) in [7, 11) is 0.